The van der Waals surface area contributed by atoms with E-state index in [2.05, 4.69) is 33.2 Å². The average Bonchev–Trinajstić information content (AvgIpc) is 2.68. The quantitative estimate of drug-likeness (QED) is 0.588. The number of fused-ring (bicyclic) bond motifs is 1. The van der Waals surface area contributed by atoms with E-state index < -0.39 is 10.0 Å². The molecule has 0 radical (unpaired) electrons. The van der Waals surface area contributed by atoms with Crippen LogP contribution in [0.1, 0.15) is 12.5 Å². The summed E-state index contributed by atoms with van der Waals surface area (Å²) in [5, 5.41) is 4.74. The molecular weight excluding hydrogens is 358 g/mol. The number of nitrogens with zero attached hydrogens (tertiary/aromatic N) is 1. The fraction of sp³-hybridized carbons (Fsp3) is 0.190. The lowest BCUT2D eigenvalue weighted by Gasteiger charge is -2.10. The summed E-state index contributed by atoms with van der Waals surface area (Å²) in [4.78, 5) is 4.32. The molecule has 1 heterocycles. The molecule has 0 amide bonds. The summed E-state index contributed by atoms with van der Waals surface area (Å²) in [6, 6.07) is 17.0. The minimum Gasteiger partial charge on any atom is -0.312 e. The second kappa shape index (κ2) is 8.90. The zero-order chi connectivity index (χ0) is 19.1. The van der Waals surface area contributed by atoms with Gasteiger partial charge in [0.1, 0.15) is 0 Å². The van der Waals surface area contributed by atoms with Crippen molar-refractivity contribution in [2.24, 2.45) is 0 Å². The minimum atomic E-state index is -3.57. The highest BCUT2D eigenvalue weighted by molar-refractivity contribution is 7.89. The standard InChI is InChI=1S/C21H23N3O2S/c1-17(14-18-6-3-2-4-7-18)15-23-12-13-24-27(25,26)21-9-5-8-19-16-22-11-10-20(19)21/h2-11,14,16,23-24H,12-13,15H2,1H3. The van der Waals surface area contributed by atoms with Gasteiger partial charge in [-0.2, -0.15) is 0 Å². The van der Waals surface area contributed by atoms with Crippen LogP contribution in [0.15, 0.2) is 77.5 Å². The Bertz CT molecular complexity index is 1030. The number of pyridine rings is 1. The molecule has 0 saturated carbocycles. The molecule has 2 aromatic carbocycles. The van der Waals surface area contributed by atoms with E-state index >= 15 is 0 Å². The third kappa shape index (κ3) is 5.23. The van der Waals surface area contributed by atoms with E-state index in [1.165, 1.54) is 5.57 Å². The van der Waals surface area contributed by atoms with Crippen molar-refractivity contribution >= 4 is 26.9 Å². The van der Waals surface area contributed by atoms with Gasteiger partial charge in [0.15, 0.2) is 0 Å². The first kappa shape index (κ1) is 19.2. The third-order valence-corrected chi connectivity index (χ3v) is 5.66. The predicted octanol–water partition coefficient (Wildman–Crippen LogP) is 3.21. The molecule has 0 bridgehead atoms. The summed E-state index contributed by atoms with van der Waals surface area (Å²) in [6.07, 6.45) is 5.38. The highest BCUT2D eigenvalue weighted by Crippen LogP contribution is 2.21. The van der Waals surface area contributed by atoms with Crippen LogP contribution in [0, 0.1) is 0 Å². The van der Waals surface area contributed by atoms with Crippen LogP contribution in [-0.2, 0) is 10.0 Å². The first-order valence-corrected chi connectivity index (χ1v) is 10.3. The van der Waals surface area contributed by atoms with Gasteiger partial charge in [-0.1, -0.05) is 54.1 Å². The molecule has 27 heavy (non-hydrogen) atoms. The van der Waals surface area contributed by atoms with Gasteiger partial charge in [0.25, 0.3) is 0 Å². The number of nitrogens with one attached hydrogen (secondary N) is 2. The highest BCUT2D eigenvalue weighted by Gasteiger charge is 2.16. The van der Waals surface area contributed by atoms with E-state index in [1.54, 1.807) is 30.6 Å². The summed E-state index contributed by atoms with van der Waals surface area (Å²) in [5.74, 6) is 0. The smallest absolute Gasteiger partial charge is 0.241 e. The van der Waals surface area contributed by atoms with Crippen LogP contribution in [0.5, 0.6) is 0 Å². The molecule has 0 aliphatic carbocycles. The molecule has 3 aromatic rings. The lowest BCUT2D eigenvalue weighted by Crippen LogP contribution is -2.32. The van der Waals surface area contributed by atoms with E-state index in [0.717, 1.165) is 10.9 Å². The second-order valence-electron chi connectivity index (χ2n) is 6.33. The topological polar surface area (TPSA) is 71.1 Å². The summed E-state index contributed by atoms with van der Waals surface area (Å²) in [5.41, 5.74) is 2.34. The molecule has 0 spiro atoms. The highest BCUT2D eigenvalue weighted by atomic mass is 32.2. The summed E-state index contributed by atoms with van der Waals surface area (Å²) < 4.78 is 27.9. The molecule has 0 aliphatic heterocycles. The Morgan fingerprint density at radius 2 is 1.85 bits per heavy atom. The first-order valence-electron chi connectivity index (χ1n) is 8.81. The predicted molar refractivity (Wildman–Crippen MR) is 110 cm³/mol. The van der Waals surface area contributed by atoms with Crippen LogP contribution < -0.4 is 10.0 Å². The molecule has 140 valence electrons. The maximum atomic E-state index is 12.6. The number of hydrogen-bond acceptors (Lipinski definition) is 4. The number of hydrogen-bond donors (Lipinski definition) is 2. The molecule has 0 atom stereocenters. The molecule has 2 N–H and O–H groups in total. The number of rotatable bonds is 8. The van der Waals surface area contributed by atoms with Crippen molar-refractivity contribution in [3.8, 4) is 0 Å². The van der Waals surface area contributed by atoms with Crippen molar-refractivity contribution in [3.05, 3.63) is 78.1 Å². The largest absolute Gasteiger partial charge is 0.312 e. The van der Waals surface area contributed by atoms with Gasteiger partial charge in [-0.15, -0.1) is 0 Å². The van der Waals surface area contributed by atoms with E-state index in [4.69, 9.17) is 0 Å². The van der Waals surface area contributed by atoms with Crippen molar-refractivity contribution in [3.63, 3.8) is 0 Å². The van der Waals surface area contributed by atoms with Crippen molar-refractivity contribution in [1.29, 1.82) is 0 Å². The molecule has 0 aliphatic rings. The fourth-order valence-electron chi connectivity index (χ4n) is 2.85. The van der Waals surface area contributed by atoms with Crippen LogP contribution >= 0.6 is 0 Å². The van der Waals surface area contributed by atoms with Gasteiger partial charge in [-0.25, -0.2) is 13.1 Å². The first-order chi connectivity index (χ1) is 13.1. The molecule has 5 nitrogen and oxygen atoms in total. The van der Waals surface area contributed by atoms with Crippen LogP contribution in [0.4, 0.5) is 0 Å². The molecule has 0 unspecified atom stereocenters. The van der Waals surface area contributed by atoms with Crippen molar-refractivity contribution in [1.82, 2.24) is 15.0 Å². The summed E-state index contributed by atoms with van der Waals surface area (Å²) >= 11 is 0. The van der Waals surface area contributed by atoms with Crippen molar-refractivity contribution in [2.75, 3.05) is 19.6 Å². The maximum Gasteiger partial charge on any atom is 0.241 e. The molecular formula is C21H23N3O2S. The van der Waals surface area contributed by atoms with Gasteiger partial charge in [-0.3, -0.25) is 4.98 Å². The van der Waals surface area contributed by atoms with Crippen molar-refractivity contribution < 1.29 is 8.42 Å². The van der Waals surface area contributed by atoms with Gasteiger partial charge in [0, 0.05) is 42.8 Å². The Labute approximate surface area is 160 Å². The lowest BCUT2D eigenvalue weighted by atomic mass is 10.1. The Hall–Kier alpha value is -2.54. The Morgan fingerprint density at radius 1 is 1.04 bits per heavy atom. The summed E-state index contributed by atoms with van der Waals surface area (Å²) in [7, 11) is -3.57. The van der Waals surface area contributed by atoms with Crippen LogP contribution in [0.25, 0.3) is 16.8 Å². The zero-order valence-corrected chi connectivity index (χ0v) is 16.0. The van der Waals surface area contributed by atoms with E-state index in [0.29, 0.717) is 25.0 Å². The number of benzene rings is 2. The Kier molecular flexibility index (Phi) is 6.34. The average molecular weight is 382 g/mol. The molecule has 0 saturated heterocycles. The molecule has 1 aromatic heterocycles. The molecule has 3 rings (SSSR count). The van der Waals surface area contributed by atoms with E-state index in [-0.39, 0.29) is 4.90 Å². The maximum absolute atomic E-state index is 12.6. The van der Waals surface area contributed by atoms with E-state index in [9.17, 15) is 8.42 Å². The van der Waals surface area contributed by atoms with Gasteiger partial charge in [0.2, 0.25) is 10.0 Å². The normalized spacial score (nSPS) is 12.4. The van der Waals surface area contributed by atoms with E-state index in [1.807, 2.05) is 31.2 Å². The van der Waals surface area contributed by atoms with Crippen LogP contribution in [0.3, 0.4) is 0 Å². The van der Waals surface area contributed by atoms with Gasteiger partial charge < -0.3 is 5.32 Å². The molecule has 0 fully saturated rings. The third-order valence-electron chi connectivity index (χ3n) is 4.14. The van der Waals surface area contributed by atoms with Crippen LogP contribution in [-0.4, -0.2) is 33.0 Å². The fourth-order valence-corrected chi connectivity index (χ4v) is 4.11. The minimum absolute atomic E-state index is 0.280. The SMILES string of the molecule is CC(=Cc1ccccc1)CNCCNS(=O)(=O)c1cccc2cnccc12. The zero-order valence-electron chi connectivity index (χ0n) is 15.2. The lowest BCUT2D eigenvalue weighted by molar-refractivity contribution is 0.579. The van der Waals surface area contributed by atoms with Gasteiger partial charge >= 0.3 is 0 Å². The van der Waals surface area contributed by atoms with Crippen molar-refractivity contribution in [2.45, 2.75) is 11.8 Å². The molecule has 6 heteroatoms. The monoisotopic (exact) mass is 381 g/mol. The number of sulfonamides is 1. The Balaban J connectivity index is 1.53. The second-order valence-corrected chi connectivity index (χ2v) is 8.06. The summed E-state index contributed by atoms with van der Waals surface area (Å²) in [6.45, 7) is 3.62. The van der Waals surface area contributed by atoms with Gasteiger partial charge in [-0.05, 0) is 24.6 Å². The Morgan fingerprint density at radius 3 is 2.67 bits per heavy atom. The van der Waals surface area contributed by atoms with Crippen LogP contribution in [0.2, 0.25) is 0 Å². The number of aromatic nitrogens is 1. The van der Waals surface area contributed by atoms with Gasteiger partial charge in [0.05, 0.1) is 4.90 Å².